The quantitative estimate of drug-likeness (QED) is 0.889. The van der Waals surface area contributed by atoms with Crippen LogP contribution >= 0.6 is 11.3 Å². The molecule has 0 saturated carbocycles. The van der Waals surface area contributed by atoms with Gasteiger partial charge in [0.2, 0.25) is 0 Å². The predicted molar refractivity (Wildman–Crippen MR) is 81.6 cm³/mol. The number of hydrogen-bond donors (Lipinski definition) is 1. The number of hydrogen-bond acceptors (Lipinski definition) is 4. The van der Waals surface area contributed by atoms with Gasteiger partial charge in [-0.05, 0) is 42.5 Å². The van der Waals surface area contributed by atoms with Crippen LogP contribution in [0.5, 0.6) is 0 Å². The van der Waals surface area contributed by atoms with Gasteiger partial charge >= 0.3 is 0 Å². The summed E-state index contributed by atoms with van der Waals surface area (Å²) in [5.41, 5.74) is 2.39. The van der Waals surface area contributed by atoms with Crippen molar-refractivity contribution in [2.75, 3.05) is 11.3 Å². The molecule has 1 aromatic carbocycles. The molecular formula is C14H17NO3S2. The first-order chi connectivity index (χ1) is 9.53. The van der Waals surface area contributed by atoms with Gasteiger partial charge in [0.15, 0.2) is 0 Å². The summed E-state index contributed by atoms with van der Waals surface area (Å²) in [5.74, 6) is 0. The Labute approximate surface area is 123 Å². The second-order valence-electron chi connectivity index (χ2n) is 4.36. The van der Waals surface area contributed by atoms with Gasteiger partial charge in [0.1, 0.15) is 0 Å². The van der Waals surface area contributed by atoms with E-state index in [1.54, 1.807) is 23.6 Å². The zero-order valence-corrected chi connectivity index (χ0v) is 13.1. The molecule has 2 aromatic rings. The highest BCUT2D eigenvalue weighted by Crippen LogP contribution is 2.23. The molecule has 0 spiro atoms. The van der Waals surface area contributed by atoms with Gasteiger partial charge in [0.05, 0.1) is 17.2 Å². The number of nitrogens with one attached hydrogen (secondary N) is 1. The van der Waals surface area contributed by atoms with E-state index in [1.807, 2.05) is 25.3 Å². The third-order valence-corrected chi connectivity index (χ3v) is 5.01. The fourth-order valence-corrected chi connectivity index (χ4v) is 3.74. The van der Waals surface area contributed by atoms with Crippen molar-refractivity contribution in [1.29, 1.82) is 0 Å². The average molecular weight is 311 g/mol. The van der Waals surface area contributed by atoms with Crippen molar-refractivity contribution in [2.45, 2.75) is 25.3 Å². The molecule has 0 aliphatic carbocycles. The maximum absolute atomic E-state index is 12.3. The number of rotatable bonds is 6. The summed E-state index contributed by atoms with van der Waals surface area (Å²) in [6, 6.07) is 6.80. The number of sulfonamides is 1. The van der Waals surface area contributed by atoms with Crippen LogP contribution in [-0.4, -0.2) is 15.0 Å². The Morgan fingerprint density at radius 1 is 1.30 bits per heavy atom. The summed E-state index contributed by atoms with van der Waals surface area (Å²) in [6.45, 7) is 4.79. The molecule has 20 heavy (non-hydrogen) atoms. The van der Waals surface area contributed by atoms with Gasteiger partial charge in [-0.3, -0.25) is 4.72 Å². The lowest BCUT2D eigenvalue weighted by Gasteiger charge is -2.09. The van der Waals surface area contributed by atoms with E-state index in [-0.39, 0.29) is 4.90 Å². The molecule has 0 unspecified atom stereocenters. The molecule has 0 amide bonds. The lowest BCUT2D eigenvalue weighted by Crippen LogP contribution is -2.13. The highest BCUT2D eigenvalue weighted by Gasteiger charge is 2.16. The van der Waals surface area contributed by atoms with E-state index in [0.29, 0.717) is 18.9 Å². The molecule has 2 rings (SSSR count). The Morgan fingerprint density at radius 2 is 2.10 bits per heavy atom. The number of benzene rings is 1. The van der Waals surface area contributed by atoms with Crippen LogP contribution in [0.3, 0.4) is 0 Å². The van der Waals surface area contributed by atoms with Gasteiger partial charge in [-0.1, -0.05) is 12.1 Å². The SMILES string of the molecule is CCOCc1cccc(S(=O)(=O)Nc2cscc2C)c1. The van der Waals surface area contributed by atoms with E-state index in [2.05, 4.69) is 4.72 Å². The molecule has 0 radical (unpaired) electrons. The van der Waals surface area contributed by atoms with E-state index in [0.717, 1.165) is 11.1 Å². The topological polar surface area (TPSA) is 55.4 Å². The largest absolute Gasteiger partial charge is 0.377 e. The molecular weight excluding hydrogens is 294 g/mol. The highest BCUT2D eigenvalue weighted by atomic mass is 32.2. The Bertz CT molecular complexity index is 677. The summed E-state index contributed by atoms with van der Waals surface area (Å²) < 4.78 is 32.6. The monoisotopic (exact) mass is 311 g/mol. The molecule has 1 aromatic heterocycles. The van der Waals surface area contributed by atoms with Crippen molar-refractivity contribution in [3.8, 4) is 0 Å². The van der Waals surface area contributed by atoms with E-state index < -0.39 is 10.0 Å². The van der Waals surface area contributed by atoms with Gasteiger partial charge in [-0.25, -0.2) is 8.42 Å². The molecule has 0 atom stereocenters. The van der Waals surface area contributed by atoms with Crippen LogP contribution < -0.4 is 4.72 Å². The highest BCUT2D eigenvalue weighted by molar-refractivity contribution is 7.92. The van der Waals surface area contributed by atoms with E-state index >= 15 is 0 Å². The summed E-state index contributed by atoms with van der Waals surface area (Å²) in [6.07, 6.45) is 0. The summed E-state index contributed by atoms with van der Waals surface area (Å²) >= 11 is 1.47. The van der Waals surface area contributed by atoms with Crippen LogP contribution in [0.1, 0.15) is 18.1 Å². The minimum atomic E-state index is -3.55. The molecule has 0 aliphatic heterocycles. The van der Waals surface area contributed by atoms with Crippen LogP contribution in [-0.2, 0) is 21.4 Å². The molecule has 0 aliphatic rings. The predicted octanol–water partition coefficient (Wildman–Crippen LogP) is 3.39. The number of anilines is 1. The Balaban J connectivity index is 2.23. The number of thiophene rings is 1. The maximum atomic E-state index is 12.3. The van der Waals surface area contributed by atoms with Crippen LogP contribution in [0.4, 0.5) is 5.69 Å². The normalized spacial score (nSPS) is 11.5. The van der Waals surface area contributed by atoms with E-state index in [1.165, 1.54) is 11.3 Å². The second-order valence-corrected chi connectivity index (χ2v) is 6.78. The molecule has 4 nitrogen and oxygen atoms in total. The Kier molecular flexibility index (Phi) is 4.80. The molecule has 0 fully saturated rings. The number of ether oxygens (including phenoxy) is 1. The Morgan fingerprint density at radius 3 is 2.75 bits per heavy atom. The van der Waals surface area contributed by atoms with Gasteiger partial charge in [0.25, 0.3) is 10.0 Å². The van der Waals surface area contributed by atoms with Crippen LogP contribution in [0, 0.1) is 6.92 Å². The molecule has 0 saturated heterocycles. The van der Waals surface area contributed by atoms with Gasteiger partial charge in [-0.15, -0.1) is 11.3 Å². The summed E-state index contributed by atoms with van der Waals surface area (Å²) in [4.78, 5) is 0.250. The second kappa shape index (κ2) is 6.39. The third kappa shape index (κ3) is 3.59. The van der Waals surface area contributed by atoms with Crippen molar-refractivity contribution in [1.82, 2.24) is 0 Å². The fourth-order valence-electron chi connectivity index (χ4n) is 1.69. The smallest absolute Gasteiger partial charge is 0.261 e. The minimum Gasteiger partial charge on any atom is -0.377 e. The van der Waals surface area contributed by atoms with Gasteiger partial charge in [0, 0.05) is 12.0 Å². The standard InChI is InChI=1S/C14H17NO3S2/c1-3-18-8-12-5-4-6-13(7-12)20(16,17)15-14-10-19-9-11(14)2/h4-7,9-10,15H,3,8H2,1-2H3. The average Bonchev–Trinajstić information content (AvgIpc) is 2.82. The fraction of sp³-hybridized carbons (Fsp3) is 0.286. The first-order valence-electron chi connectivity index (χ1n) is 6.25. The van der Waals surface area contributed by atoms with E-state index in [9.17, 15) is 8.42 Å². The molecule has 6 heteroatoms. The molecule has 0 bridgehead atoms. The zero-order chi connectivity index (χ0) is 14.6. The molecule has 108 valence electrons. The van der Waals surface area contributed by atoms with E-state index in [4.69, 9.17) is 4.74 Å². The van der Waals surface area contributed by atoms with Crippen molar-refractivity contribution in [2.24, 2.45) is 0 Å². The van der Waals surface area contributed by atoms with Crippen LogP contribution in [0.15, 0.2) is 39.9 Å². The third-order valence-electron chi connectivity index (χ3n) is 2.78. The van der Waals surface area contributed by atoms with Crippen molar-refractivity contribution >= 4 is 27.0 Å². The van der Waals surface area contributed by atoms with Crippen LogP contribution in [0.2, 0.25) is 0 Å². The number of aryl methyl sites for hydroxylation is 1. The van der Waals surface area contributed by atoms with Crippen molar-refractivity contribution in [3.05, 3.63) is 46.2 Å². The summed E-state index contributed by atoms with van der Waals surface area (Å²) in [5, 5.41) is 3.69. The summed E-state index contributed by atoms with van der Waals surface area (Å²) in [7, 11) is -3.55. The van der Waals surface area contributed by atoms with Gasteiger partial charge < -0.3 is 4.74 Å². The molecule has 1 heterocycles. The maximum Gasteiger partial charge on any atom is 0.261 e. The van der Waals surface area contributed by atoms with Crippen LogP contribution in [0.25, 0.3) is 0 Å². The van der Waals surface area contributed by atoms with Crippen molar-refractivity contribution in [3.63, 3.8) is 0 Å². The first kappa shape index (κ1) is 15.0. The van der Waals surface area contributed by atoms with Gasteiger partial charge in [-0.2, -0.15) is 0 Å². The molecule has 1 N–H and O–H groups in total. The Hall–Kier alpha value is -1.37. The lowest BCUT2D eigenvalue weighted by atomic mass is 10.2. The zero-order valence-electron chi connectivity index (χ0n) is 11.4. The van der Waals surface area contributed by atoms with Crippen molar-refractivity contribution < 1.29 is 13.2 Å². The first-order valence-corrected chi connectivity index (χ1v) is 8.68. The lowest BCUT2D eigenvalue weighted by molar-refractivity contribution is 0.134. The minimum absolute atomic E-state index is 0.250.